The molecule has 0 aromatic heterocycles. The summed E-state index contributed by atoms with van der Waals surface area (Å²) in [7, 11) is 1.94. The number of unbranched alkanes of at least 4 members (excludes halogenated alkanes) is 4. The number of benzene rings is 1. The second kappa shape index (κ2) is 10.4. The molecule has 24 heavy (non-hydrogen) atoms. The van der Waals surface area contributed by atoms with Crippen molar-refractivity contribution in [3.63, 3.8) is 0 Å². The maximum Gasteiger partial charge on any atom is 0.253 e. The standard InChI is InChI=1S/C21H33NO2/c1-3-4-5-6-10-17-24-20-15-13-18(14-16-20)21(23)22(2)19-11-8-7-9-12-19/h13-16,19H,3-12,17H2,1-2H3. The SMILES string of the molecule is CCCCCCCOc1ccc(C(=O)N(C)C2CCCCC2)cc1. The minimum Gasteiger partial charge on any atom is -0.494 e. The van der Waals surface area contributed by atoms with Gasteiger partial charge in [-0.05, 0) is 43.5 Å². The van der Waals surface area contributed by atoms with Crippen LogP contribution in [0, 0.1) is 0 Å². The molecule has 1 amide bonds. The number of carbonyl (C=O) groups is 1. The van der Waals surface area contributed by atoms with Crippen LogP contribution in [0.3, 0.4) is 0 Å². The number of hydrogen-bond donors (Lipinski definition) is 0. The Bertz CT molecular complexity index is 477. The zero-order valence-corrected chi connectivity index (χ0v) is 15.4. The third kappa shape index (κ3) is 5.85. The highest BCUT2D eigenvalue weighted by atomic mass is 16.5. The van der Waals surface area contributed by atoms with Crippen LogP contribution >= 0.6 is 0 Å². The Labute approximate surface area is 147 Å². The monoisotopic (exact) mass is 331 g/mol. The zero-order chi connectivity index (χ0) is 17.2. The molecule has 0 atom stereocenters. The first-order valence-corrected chi connectivity index (χ1v) is 9.72. The fourth-order valence-electron chi connectivity index (χ4n) is 3.43. The maximum atomic E-state index is 12.6. The summed E-state index contributed by atoms with van der Waals surface area (Å²) in [6.45, 7) is 2.99. The highest BCUT2D eigenvalue weighted by molar-refractivity contribution is 5.94. The van der Waals surface area contributed by atoms with Gasteiger partial charge in [0.1, 0.15) is 5.75 Å². The quantitative estimate of drug-likeness (QED) is 0.564. The fourth-order valence-corrected chi connectivity index (χ4v) is 3.43. The highest BCUT2D eigenvalue weighted by Crippen LogP contribution is 2.23. The van der Waals surface area contributed by atoms with Gasteiger partial charge in [-0.25, -0.2) is 0 Å². The first-order valence-electron chi connectivity index (χ1n) is 9.72. The van der Waals surface area contributed by atoms with Crippen molar-refractivity contribution in [2.45, 2.75) is 77.2 Å². The Hall–Kier alpha value is -1.51. The zero-order valence-electron chi connectivity index (χ0n) is 15.4. The molecule has 0 saturated heterocycles. The lowest BCUT2D eigenvalue weighted by Crippen LogP contribution is -2.38. The molecule has 3 heteroatoms. The van der Waals surface area contributed by atoms with E-state index < -0.39 is 0 Å². The molecule has 1 aromatic rings. The average molecular weight is 332 g/mol. The Morgan fingerprint density at radius 1 is 1.04 bits per heavy atom. The maximum absolute atomic E-state index is 12.6. The van der Waals surface area contributed by atoms with Crippen LogP contribution in [-0.2, 0) is 0 Å². The molecule has 0 N–H and O–H groups in total. The molecule has 3 nitrogen and oxygen atoms in total. The van der Waals surface area contributed by atoms with Gasteiger partial charge in [-0.15, -0.1) is 0 Å². The molecular formula is C21H33NO2. The van der Waals surface area contributed by atoms with E-state index in [9.17, 15) is 4.79 Å². The van der Waals surface area contributed by atoms with E-state index in [0.717, 1.165) is 37.2 Å². The molecule has 1 aromatic carbocycles. The number of rotatable bonds is 9. The Morgan fingerprint density at radius 2 is 1.71 bits per heavy atom. The minimum absolute atomic E-state index is 0.132. The molecule has 1 fully saturated rings. The van der Waals surface area contributed by atoms with Crippen LogP contribution in [0.5, 0.6) is 5.75 Å². The van der Waals surface area contributed by atoms with Crippen molar-refractivity contribution in [2.24, 2.45) is 0 Å². The summed E-state index contributed by atoms with van der Waals surface area (Å²) in [5.41, 5.74) is 0.762. The smallest absolute Gasteiger partial charge is 0.253 e. The Balaban J connectivity index is 1.77. The van der Waals surface area contributed by atoms with Gasteiger partial charge in [-0.3, -0.25) is 4.79 Å². The number of carbonyl (C=O) groups excluding carboxylic acids is 1. The molecule has 134 valence electrons. The van der Waals surface area contributed by atoms with Crippen molar-refractivity contribution in [1.29, 1.82) is 0 Å². The number of hydrogen-bond acceptors (Lipinski definition) is 2. The van der Waals surface area contributed by atoms with Crippen molar-refractivity contribution in [3.05, 3.63) is 29.8 Å². The van der Waals surface area contributed by atoms with Gasteiger partial charge in [0.2, 0.25) is 0 Å². The van der Waals surface area contributed by atoms with Crippen LogP contribution in [0.25, 0.3) is 0 Å². The number of amides is 1. The first kappa shape index (κ1) is 18.8. The molecule has 0 radical (unpaired) electrons. The van der Waals surface area contributed by atoms with Gasteiger partial charge in [0.25, 0.3) is 5.91 Å². The minimum atomic E-state index is 0.132. The van der Waals surface area contributed by atoms with E-state index >= 15 is 0 Å². The van der Waals surface area contributed by atoms with Crippen LogP contribution in [0.4, 0.5) is 0 Å². The van der Waals surface area contributed by atoms with Crippen LogP contribution in [0.15, 0.2) is 24.3 Å². The lowest BCUT2D eigenvalue weighted by molar-refractivity contribution is 0.0696. The summed E-state index contributed by atoms with van der Waals surface area (Å²) in [6.07, 6.45) is 12.3. The molecule has 1 saturated carbocycles. The number of nitrogens with zero attached hydrogens (tertiary/aromatic N) is 1. The van der Waals surface area contributed by atoms with E-state index in [0.29, 0.717) is 6.04 Å². The van der Waals surface area contributed by atoms with Gasteiger partial charge in [0.15, 0.2) is 0 Å². The highest BCUT2D eigenvalue weighted by Gasteiger charge is 2.22. The first-order chi connectivity index (χ1) is 11.7. The lowest BCUT2D eigenvalue weighted by Gasteiger charge is -2.31. The summed E-state index contributed by atoms with van der Waals surface area (Å²) in [5, 5.41) is 0. The van der Waals surface area contributed by atoms with Crippen molar-refractivity contribution in [1.82, 2.24) is 4.90 Å². The molecule has 1 aliphatic carbocycles. The Morgan fingerprint density at radius 3 is 2.38 bits per heavy atom. The third-order valence-corrected chi connectivity index (χ3v) is 5.06. The fraction of sp³-hybridized carbons (Fsp3) is 0.667. The van der Waals surface area contributed by atoms with Gasteiger partial charge >= 0.3 is 0 Å². The van der Waals surface area contributed by atoms with Crippen molar-refractivity contribution < 1.29 is 9.53 Å². The molecular weight excluding hydrogens is 298 g/mol. The second-order valence-corrected chi connectivity index (χ2v) is 6.99. The molecule has 0 unspecified atom stereocenters. The van der Waals surface area contributed by atoms with Crippen LogP contribution in [-0.4, -0.2) is 30.5 Å². The van der Waals surface area contributed by atoms with E-state index in [1.165, 1.54) is 44.9 Å². The third-order valence-electron chi connectivity index (χ3n) is 5.06. The molecule has 0 heterocycles. The van der Waals surface area contributed by atoms with E-state index in [2.05, 4.69) is 6.92 Å². The lowest BCUT2D eigenvalue weighted by atomic mass is 9.94. The van der Waals surface area contributed by atoms with Gasteiger partial charge < -0.3 is 9.64 Å². The number of ether oxygens (including phenoxy) is 1. The molecule has 0 aliphatic heterocycles. The Kier molecular flexibility index (Phi) is 8.14. The second-order valence-electron chi connectivity index (χ2n) is 6.99. The molecule has 2 rings (SSSR count). The van der Waals surface area contributed by atoms with Crippen LogP contribution in [0.1, 0.15) is 81.5 Å². The van der Waals surface area contributed by atoms with Crippen molar-refractivity contribution >= 4 is 5.91 Å². The van der Waals surface area contributed by atoms with Crippen molar-refractivity contribution in [3.8, 4) is 5.75 Å². The molecule has 0 spiro atoms. The summed E-state index contributed by atoms with van der Waals surface area (Å²) >= 11 is 0. The van der Waals surface area contributed by atoms with Gasteiger partial charge in [0.05, 0.1) is 6.61 Å². The summed E-state index contributed by atoms with van der Waals surface area (Å²) in [5.74, 6) is 0.996. The van der Waals surface area contributed by atoms with E-state index in [1.54, 1.807) is 0 Å². The van der Waals surface area contributed by atoms with Gasteiger partial charge in [0, 0.05) is 18.7 Å². The van der Waals surface area contributed by atoms with E-state index in [-0.39, 0.29) is 5.91 Å². The average Bonchev–Trinajstić information content (AvgIpc) is 2.64. The van der Waals surface area contributed by atoms with E-state index in [4.69, 9.17) is 4.74 Å². The normalized spacial score (nSPS) is 15.2. The topological polar surface area (TPSA) is 29.5 Å². The predicted molar refractivity (Wildman–Crippen MR) is 99.7 cm³/mol. The summed E-state index contributed by atoms with van der Waals surface area (Å²) < 4.78 is 5.77. The van der Waals surface area contributed by atoms with Crippen LogP contribution < -0.4 is 4.74 Å². The molecule has 0 bridgehead atoms. The summed E-state index contributed by atoms with van der Waals surface area (Å²) in [6, 6.07) is 8.05. The summed E-state index contributed by atoms with van der Waals surface area (Å²) in [4.78, 5) is 14.5. The van der Waals surface area contributed by atoms with Gasteiger partial charge in [-0.2, -0.15) is 0 Å². The van der Waals surface area contributed by atoms with Crippen LogP contribution in [0.2, 0.25) is 0 Å². The largest absolute Gasteiger partial charge is 0.494 e. The van der Waals surface area contributed by atoms with Crippen molar-refractivity contribution in [2.75, 3.05) is 13.7 Å². The van der Waals surface area contributed by atoms with Gasteiger partial charge in [-0.1, -0.05) is 51.9 Å². The predicted octanol–water partition coefficient (Wildman–Crippen LogP) is 5.44. The van der Waals surface area contributed by atoms with E-state index in [1.807, 2.05) is 36.2 Å². The molecule has 1 aliphatic rings.